The molecule has 0 fully saturated rings. The van der Waals surface area contributed by atoms with Crippen molar-refractivity contribution in [3.05, 3.63) is 64.9 Å². The van der Waals surface area contributed by atoms with E-state index in [0.29, 0.717) is 32.8 Å². The Morgan fingerprint density at radius 2 is 1.83 bits per heavy atom. The number of halogens is 2. The summed E-state index contributed by atoms with van der Waals surface area (Å²) in [5.41, 5.74) is 3.94. The minimum atomic E-state index is -0.507. The maximum atomic E-state index is 12.8. The van der Waals surface area contributed by atoms with Crippen molar-refractivity contribution >= 4 is 64.6 Å². The Kier molecular flexibility index (Phi) is 5.72. The summed E-state index contributed by atoms with van der Waals surface area (Å²) in [5.74, 6) is 0.491. The summed E-state index contributed by atoms with van der Waals surface area (Å²) >= 11 is 16.3. The molecule has 2 amide bonds. The van der Waals surface area contributed by atoms with Gasteiger partial charge in [-0.15, -0.1) is 0 Å². The van der Waals surface area contributed by atoms with Gasteiger partial charge in [-0.05, 0) is 42.5 Å². The molecule has 0 aliphatic heterocycles. The molecule has 0 aliphatic rings. The first-order chi connectivity index (χ1) is 14.4. The van der Waals surface area contributed by atoms with Crippen molar-refractivity contribution in [1.29, 1.82) is 0 Å². The van der Waals surface area contributed by atoms with Crippen molar-refractivity contribution in [2.45, 2.75) is 0 Å². The lowest BCUT2D eigenvalue weighted by molar-refractivity contribution is 0.260. The van der Waals surface area contributed by atoms with Gasteiger partial charge in [-0.25, -0.2) is 14.1 Å². The van der Waals surface area contributed by atoms with Crippen LogP contribution in [-0.4, -0.2) is 28.1 Å². The van der Waals surface area contributed by atoms with Gasteiger partial charge in [0, 0.05) is 33.7 Å². The van der Waals surface area contributed by atoms with E-state index in [4.69, 9.17) is 27.9 Å². The lowest BCUT2D eigenvalue weighted by atomic mass is 10.1. The molecule has 2 N–H and O–H groups in total. The van der Waals surface area contributed by atoms with E-state index >= 15 is 0 Å². The topological polar surface area (TPSA) is 83.1 Å². The minimum Gasteiger partial charge on any atom is -0.495 e. The highest BCUT2D eigenvalue weighted by Gasteiger charge is 2.17. The summed E-state index contributed by atoms with van der Waals surface area (Å²) in [6, 6.07) is 11.5. The SMILES string of the molecule is COc1ccc(-c2cc3nccnc3[nH]2)cc1NC(=O)N(S)c1cc(Cl)cc(Cl)c1. The molecule has 0 bridgehead atoms. The van der Waals surface area contributed by atoms with Crippen LogP contribution in [0.3, 0.4) is 0 Å². The molecule has 4 aromatic rings. The van der Waals surface area contributed by atoms with Crippen LogP contribution >= 0.6 is 36.0 Å². The van der Waals surface area contributed by atoms with E-state index in [-0.39, 0.29) is 0 Å². The van der Waals surface area contributed by atoms with Crippen LogP contribution in [-0.2, 0) is 0 Å². The van der Waals surface area contributed by atoms with Crippen LogP contribution in [0, 0.1) is 0 Å². The van der Waals surface area contributed by atoms with Crippen molar-refractivity contribution in [2.75, 3.05) is 16.7 Å². The first-order valence-electron chi connectivity index (χ1n) is 8.69. The average Bonchev–Trinajstić information content (AvgIpc) is 3.16. The molecule has 0 unspecified atom stereocenters. The van der Waals surface area contributed by atoms with E-state index in [0.717, 1.165) is 21.1 Å². The number of H-pyrrole nitrogens is 1. The monoisotopic (exact) mass is 459 g/mol. The summed E-state index contributed by atoms with van der Waals surface area (Å²) < 4.78 is 6.50. The number of ether oxygens (including phenoxy) is 1. The van der Waals surface area contributed by atoms with Crippen LogP contribution in [0.15, 0.2) is 54.9 Å². The van der Waals surface area contributed by atoms with E-state index in [1.165, 1.54) is 7.11 Å². The second-order valence-electron chi connectivity index (χ2n) is 6.26. The number of fused-ring (bicyclic) bond motifs is 1. The van der Waals surface area contributed by atoms with Crippen LogP contribution in [0.5, 0.6) is 5.75 Å². The molecule has 4 rings (SSSR count). The zero-order valence-corrected chi connectivity index (χ0v) is 18.0. The van der Waals surface area contributed by atoms with Gasteiger partial charge in [0.1, 0.15) is 11.3 Å². The zero-order valence-electron chi connectivity index (χ0n) is 15.6. The predicted octanol–water partition coefficient (Wildman–Crippen LogP) is 5.82. The number of hydrogen-bond acceptors (Lipinski definition) is 5. The normalized spacial score (nSPS) is 10.8. The summed E-state index contributed by atoms with van der Waals surface area (Å²) in [6.07, 6.45) is 3.24. The summed E-state index contributed by atoms with van der Waals surface area (Å²) in [4.78, 5) is 24.5. The van der Waals surface area contributed by atoms with Crippen molar-refractivity contribution in [2.24, 2.45) is 0 Å². The van der Waals surface area contributed by atoms with Gasteiger partial charge < -0.3 is 15.0 Å². The van der Waals surface area contributed by atoms with E-state index in [1.807, 2.05) is 12.1 Å². The Bertz CT molecular complexity index is 1190. The Hall–Kier alpha value is -2.94. The summed E-state index contributed by atoms with van der Waals surface area (Å²) in [6.45, 7) is 0. The van der Waals surface area contributed by atoms with Gasteiger partial charge in [-0.1, -0.05) is 36.0 Å². The van der Waals surface area contributed by atoms with Crippen LogP contribution in [0.4, 0.5) is 16.2 Å². The highest BCUT2D eigenvalue weighted by atomic mass is 35.5. The van der Waals surface area contributed by atoms with E-state index in [1.54, 1.807) is 42.7 Å². The first kappa shape index (κ1) is 20.3. The largest absolute Gasteiger partial charge is 0.495 e. The molecule has 0 saturated carbocycles. The molecule has 2 heterocycles. The van der Waals surface area contributed by atoms with Crippen molar-refractivity contribution in [1.82, 2.24) is 15.0 Å². The summed E-state index contributed by atoms with van der Waals surface area (Å²) in [7, 11) is 1.52. The summed E-state index contributed by atoms with van der Waals surface area (Å²) in [5, 5.41) is 3.58. The van der Waals surface area contributed by atoms with Gasteiger partial charge in [0.15, 0.2) is 5.65 Å². The zero-order chi connectivity index (χ0) is 21.3. The third-order valence-electron chi connectivity index (χ3n) is 4.30. The number of thiol groups is 1. The molecule has 2 aromatic carbocycles. The molecule has 0 saturated heterocycles. The fourth-order valence-corrected chi connectivity index (χ4v) is 3.61. The minimum absolute atomic E-state index is 0.393. The number of anilines is 2. The van der Waals surface area contributed by atoms with Crippen molar-refractivity contribution in [3.8, 4) is 17.0 Å². The predicted molar refractivity (Wildman–Crippen MR) is 123 cm³/mol. The van der Waals surface area contributed by atoms with Crippen LogP contribution in [0.25, 0.3) is 22.4 Å². The Morgan fingerprint density at radius 1 is 1.10 bits per heavy atom. The number of carbonyl (C=O) groups excluding carboxylic acids is 1. The molecular formula is C20H15Cl2N5O2S. The number of aromatic amines is 1. The molecule has 30 heavy (non-hydrogen) atoms. The molecule has 7 nitrogen and oxygen atoms in total. The molecule has 2 aromatic heterocycles. The highest BCUT2D eigenvalue weighted by molar-refractivity contribution is 7.82. The lowest BCUT2D eigenvalue weighted by Crippen LogP contribution is -2.27. The van der Waals surface area contributed by atoms with Crippen LogP contribution < -0.4 is 14.4 Å². The number of urea groups is 1. The maximum absolute atomic E-state index is 12.8. The van der Waals surface area contributed by atoms with E-state index < -0.39 is 6.03 Å². The van der Waals surface area contributed by atoms with Crippen molar-refractivity contribution in [3.63, 3.8) is 0 Å². The first-order valence-corrected chi connectivity index (χ1v) is 9.84. The third-order valence-corrected chi connectivity index (χ3v) is 5.15. The second-order valence-corrected chi connectivity index (χ2v) is 7.53. The third kappa shape index (κ3) is 4.16. The number of nitrogens with zero attached hydrogens (tertiary/aromatic N) is 3. The van der Waals surface area contributed by atoms with E-state index in [2.05, 4.69) is 33.1 Å². The number of amides is 2. The number of benzene rings is 2. The van der Waals surface area contributed by atoms with Crippen LogP contribution in [0.1, 0.15) is 0 Å². The molecule has 0 radical (unpaired) electrons. The molecule has 0 aliphatic carbocycles. The van der Waals surface area contributed by atoms with Gasteiger partial charge in [0.05, 0.1) is 18.5 Å². The fraction of sp³-hybridized carbons (Fsp3) is 0.0500. The standard InChI is InChI=1S/C20H15Cl2N5O2S/c1-29-18-3-2-11(15-10-17-19(25-15)24-5-4-23-17)6-16(18)26-20(28)27(30)14-8-12(21)7-13(22)9-14/h2-10,30H,1H3,(H,24,25)(H,26,28). The molecule has 0 atom stereocenters. The van der Waals surface area contributed by atoms with Gasteiger partial charge in [0.25, 0.3) is 0 Å². The number of hydrogen-bond donors (Lipinski definition) is 3. The van der Waals surface area contributed by atoms with Crippen molar-refractivity contribution < 1.29 is 9.53 Å². The van der Waals surface area contributed by atoms with Gasteiger partial charge in [-0.2, -0.15) is 0 Å². The average molecular weight is 460 g/mol. The van der Waals surface area contributed by atoms with E-state index in [9.17, 15) is 4.79 Å². The number of carbonyl (C=O) groups is 1. The number of rotatable bonds is 4. The Morgan fingerprint density at radius 3 is 2.53 bits per heavy atom. The fourth-order valence-electron chi connectivity index (χ4n) is 2.93. The molecule has 152 valence electrons. The smallest absolute Gasteiger partial charge is 0.336 e. The van der Waals surface area contributed by atoms with Gasteiger partial charge >= 0.3 is 6.03 Å². The second kappa shape index (κ2) is 8.43. The van der Waals surface area contributed by atoms with Crippen LogP contribution in [0.2, 0.25) is 10.0 Å². The highest BCUT2D eigenvalue weighted by Crippen LogP contribution is 2.32. The van der Waals surface area contributed by atoms with Gasteiger partial charge in [0.2, 0.25) is 0 Å². The quantitative estimate of drug-likeness (QED) is 0.335. The number of nitrogens with one attached hydrogen (secondary N) is 2. The number of aromatic nitrogens is 3. The maximum Gasteiger partial charge on any atom is 0.336 e. The number of methoxy groups -OCH3 is 1. The van der Waals surface area contributed by atoms with Gasteiger partial charge in [-0.3, -0.25) is 4.98 Å². The Balaban J connectivity index is 1.64. The molecule has 10 heteroatoms. The lowest BCUT2D eigenvalue weighted by Gasteiger charge is -2.18. The Labute approximate surface area is 187 Å². The molecule has 0 spiro atoms. The molecular weight excluding hydrogens is 445 g/mol.